The first-order valence-corrected chi connectivity index (χ1v) is 8.66. The third kappa shape index (κ3) is 5.43. The Hall–Kier alpha value is -3.13. The zero-order chi connectivity index (χ0) is 20.7. The molecule has 0 aliphatic carbocycles. The number of halogens is 1. The van der Waals surface area contributed by atoms with E-state index in [1.54, 1.807) is 30.3 Å². The van der Waals surface area contributed by atoms with Gasteiger partial charge >= 0.3 is 0 Å². The zero-order valence-electron chi connectivity index (χ0n) is 16.0. The van der Waals surface area contributed by atoms with Gasteiger partial charge in [-0.15, -0.1) is 0 Å². The van der Waals surface area contributed by atoms with E-state index in [2.05, 4.69) is 16.0 Å². The van der Waals surface area contributed by atoms with E-state index in [-0.39, 0.29) is 18.4 Å². The molecule has 8 nitrogen and oxygen atoms in total. The molecule has 0 bridgehead atoms. The Morgan fingerprint density at radius 2 is 1.57 bits per heavy atom. The molecule has 0 aliphatic rings. The highest BCUT2D eigenvalue weighted by Gasteiger charge is 2.13. The van der Waals surface area contributed by atoms with Crippen LogP contribution >= 0.6 is 11.6 Å². The van der Waals surface area contributed by atoms with Gasteiger partial charge in [0, 0.05) is 24.7 Å². The molecule has 2 amide bonds. The van der Waals surface area contributed by atoms with Gasteiger partial charge in [-0.1, -0.05) is 11.6 Å². The molecule has 3 N–H and O–H groups in total. The number of rotatable bonds is 8. The summed E-state index contributed by atoms with van der Waals surface area (Å²) in [5.74, 6) is 0.856. The Morgan fingerprint density at radius 3 is 2.18 bits per heavy atom. The van der Waals surface area contributed by atoms with Crippen molar-refractivity contribution in [2.24, 2.45) is 0 Å². The van der Waals surface area contributed by atoms with E-state index in [0.29, 0.717) is 39.3 Å². The van der Waals surface area contributed by atoms with Crippen molar-refractivity contribution in [1.29, 1.82) is 0 Å². The van der Waals surface area contributed by atoms with Crippen molar-refractivity contribution in [2.45, 2.75) is 6.92 Å². The average molecular weight is 408 g/mol. The first-order chi connectivity index (χ1) is 13.4. The smallest absolute Gasteiger partial charge is 0.243 e. The number of ether oxygens (including phenoxy) is 3. The molecule has 150 valence electrons. The summed E-state index contributed by atoms with van der Waals surface area (Å²) in [6.07, 6.45) is 0. The molecule has 2 aromatic carbocycles. The Bertz CT molecular complexity index is 873. The normalized spacial score (nSPS) is 10.0. The Morgan fingerprint density at radius 1 is 0.893 bits per heavy atom. The van der Waals surface area contributed by atoms with Gasteiger partial charge in [0.15, 0.2) is 0 Å². The van der Waals surface area contributed by atoms with Gasteiger partial charge in [-0.2, -0.15) is 0 Å². The molecule has 2 rings (SSSR count). The molecule has 0 spiro atoms. The van der Waals surface area contributed by atoms with Crippen LogP contribution in [0.5, 0.6) is 17.2 Å². The van der Waals surface area contributed by atoms with E-state index in [4.69, 9.17) is 25.8 Å². The number of methoxy groups -OCH3 is 3. The van der Waals surface area contributed by atoms with Crippen LogP contribution in [-0.4, -0.2) is 39.7 Å². The predicted molar refractivity (Wildman–Crippen MR) is 109 cm³/mol. The van der Waals surface area contributed by atoms with Crippen molar-refractivity contribution in [2.75, 3.05) is 43.8 Å². The predicted octanol–water partition coefficient (Wildman–Crippen LogP) is 3.37. The molecule has 0 atom stereocenters. The molecule has 0 radical (unpaired) electrons. The number of hydrogen-bond acceptors (Lipinski definition) is 6. The molecular weight excluding hydrogens is 386 g/mol. The van der Waals surface area contributed by atoms with Crippen molar-refractivity contribution in [1.82, 2.24) is 0 Å². The average Bonchev–Trinajstić information content (AvgIpc) is 2.66. The largest absolute Gasteiger partial charge is 0.495 e. The maximum Gasteiger partial charge on any atom is 0.243 e. The van der Waals surface area contributed by atoms with E-state index in [1.165, 1.54) is 28.3 Å². The third-order valence-corrected chi connectivity index (χ3v) is 4.00. The maximum atomic E-state index is 12.4. The van der Waals surface area contributed by atoms with Crippen LogP contribution < -0.4 is 30.2 Å². The van der Waals surface area contributed by atoms with Gasteiger partial charge in [-0.3, -0.25) is 9.59 Å². The monoisotopic (exact) mass is 407 g/mol. The van der Waals surface area contributed by atoms with Crippen molar-refractivity contribution in [3.05, 3.63) is 35.4 Å². The highest BCUT2D eigenvalue weighted by molar-refractivity contribution is 6.32. The summed E-state index contributed by atoms with van der Waals surface area (Å²) in [5, 5.41) is 8.78. The fourth-order valence-electron chi connectivity index (χ4n) is 2.46. The molecule has 0 aromatic heterocycles. The second-order valence-corrected chi connectivity index (χ2v) is 6.09. The van der Waals surface area contributed by atoms with Crippen LogP contribution in [0.3, 0.4) is 0 Å². The van der Waals surface area contributed by atoms with E-state index in [9.17, 15) is 9.59 Å². The van der Waals surface area contributed by atoms with Gasteiger partial charge in [-0.25, -0.2) is 0 Å². The third-order valence-electron chi connectivity index (χ3n) is 3.71. The number of carbonyl (C=O) groups is 2. The summed E-state index contributed by atoms with van der Waals surface area (Å²) in [5.41, 5.74) is 1.53. The lowest BCUT2D eigenvalue weighted by atomic mass is 10.2. The topological polar surface area (TPSA) is 97.9 Å². The van der Waals surface area contributed by atoms with E-state index in [0.717, 1.165) is 0 Å². The van der Waals surface area contributed by atoms with Gasteiger partial charge in [0.1, 0.15) is 17.2 Å². The van der Waals surface area contributed by atoms with Crippen LogP contribution in [0, 0.1) is 0 Å². The Labute approximate surface area is 168 Å². The summed E-state index contributed by atoms with van der Waals surface area (Å²) in [6, 6.07) is 8.19. The molecule has 9 heteroatoms. The summed E-state index contributed by atoms with van der Waals surface area (Å²) >= 11 is 6.08. The van der Waals surface area contributed by atoms with E-state index >= 15 is 0 Å². The van der Waals surface area contributed by atoms with E-state index in [1.807, 2.05) is 0 Å². The van der Waals surface area contributed by atoms with Gasteiger partial charge in [0.25, 0.3) is 0 Å². The molecule has 0 heterocycles. The summed E-state index contributed by atoms with van der Waals surface area (Å²) < 4.78 is 15.7. The minimum Gasteiger partial charge on any atom is -0.495 e. The van der Waals surface area contributed by atoms with Gasteiger partial charge in [-0.05, 0) is 18.2 Å². The standard InChI is InChI=1S/C19H22ClN3O5/c1-11(24)22-12-5-6-16(26-2)15(7-12)23-19(25)10-21-14-9-17(27-3)13(20)8-18(14)28-4/h5-9,21H,10H2,1-4H3,(H,22,24)(H,23,25). The van der Waals surface area contributed by atoms with Crippen LogP contribution in [0.1, 0.15) is 6.92 Å². The molecule has 0 aliphatic heterocycles. The van der Waals surface area contributed by atoms with Crippen molar-refractivity contribution in [3.63, 3.8) is 0 Å². The molecular formula is C19H22ClN3O5. The van der Waals surface area contributed by atoms with Gasteiger partial charge in [0.2, 0.25) is 11.8 Å². The number of carbonyl (C=O) groups excluding carboxylic acids is 2. The molecule has 0 saturated carbocycles. The minimum atomic E-state index is -0.325. The highest BCUT2D eigenvalue weighted by atomic mass is 35.5. The number of benzene rings is 2. The second-order valence-electron chi connectivity index (χ2n) is 5.69. The Balaban J connectivity index is 2.11. The summed E-state index contributed by atoms with van der Waals surface area (Å²) in [6.45, 7) is 1.36. The van der Waals surface area contributed by atoms with Gasteiger partial charge in [0.05, 0.1) is 44.3 Å². The molecule has 0 saturated heterocycles. The lowest BCUT2D eigenvalue weighted by Crippen LogP contribution is -2.22. The van der Waals surface area contributed by atoms with Crippen LogP contribution in [0.4, 0.5) is 17.1 Å². The first kappa shape index (κ1) is 21.2. The van der Waals surface area contributed by atoms with E-state index < -0.39 is 0 Å². The molecule has 0 fully saturated rings. The number of amides is 2. The Kier molecular flexibility index (Phi) is 7.34. The van der Waals surface area contributed by atoms with Crippen LogP contribution in [0.15, 0.2) is 30.3 Å². The fraction of sp³-hybridized carbons (Fsp3) is 0.263. The van der Waals surface area contributed by atoms with Crippen molar-refractivity contribution >= 4 is 40.5 Å². The number of anilines is 3. The summed E-state index contributed by atoms with van der Waals surface area (Å²) in [4.78, 5) is 23.6. The minimum absolute atomic E-state index is 0.0470. The van der Waals surface area contributed by atoms with Crippen LogP contribution in [0.2, 0.25) is 5.02 Å². The lowest BCUT2D eigenvalue weighted by molar-refractivity contribution is -0.115. The molecule has 28 heavy (non-hydrogen) atoms. The lowest BCUT2D eigenvalue weighted by Gasteiger charge is -2.15. The fourth-order valence-corrected chi connectivity index (χ4v) is 2.69. The van der Waals surface area contributed by atoms with Gasteiger partial charge < -0.3 is 30.2 Å². The van der Waals surface area contributed by atoms with Crippen molar-refractivity contribution in [3.8, 4) is 17.2 Å². The SMILES string of the molecule is COc1cc(NCC(=O)Nc2cc(NC(C)=O)ccc2OC)c(OC)cc1Cl. The highest BCUT2D eigenvalue weighted by Crippen LogP contribution is 2.35. The van der Waals surface area contributed by atoms with Crippen molar-refractivity contribution < 1.29 is 23.8 Å². The zero-order valence-corrected chi connectivity index (χ0v) is 16.8. The second kappa shape index (κ2) is 9.70. The number of nitrogens with one attached hydrogen (secondary N) is 3. The maximum absolute atomic E-state index is 12.4. The molecule has 2 aromatic rings. The number of hydrogen-bond donors (Lipinski definition) is 3. The van der Waals surface area contributed by atoms with Crippen LogP contribution in [-0.2, 0) is 9.59 Å². The van der Waals surface area contributed by atoms with Crippen LogP contribution in [0.25, 0.3) is 0 Å². The first-order valence-electron chi connectivity index (χ1n) is 8.28. The quantitative estimate of drug-likeness (QED) is 0.620. The summed E-state index contributed by atoms with van der Waals surface area (Å²) in [7, 11) is 4.49. The molecule has 0 unspecified atom stereocenters.